The van der Waals surface area contributed by atoms with Gasteiger partial charge in [0.25, 0.3) is 0 Å². The molecule has 1 heterocycles. The van der Waals surface area contributed by atoms with E-state index in [4.69, 9.17) is 4.52 Å². The molecule has 1 aromatic rings. The molecule has 0 radical (unpaired) electrons. The van der Waals surface area contributed by atoms with Crippen LogP contribution in [0, 0.1) is 52.3 Å². The summed E-state index contributed by atoms with van der Waals surface area (Å²) in [6.07, 6.45) is 12.6. The summed E-state index contributed by atoms with van der Waals surface area (Å²) in [5, 5.41) is 25.1. The number of hydrogen-bond donors (Lipinski definition) is 2. The fourth-order valence-electron chi connectivity index (χ4n) is 8.70. The van der Waals surface area contributed by atoms with E-state index in [0.717, 1.165) is 36.4 Å². The molecule has 4 rings (SSSR count). The molecule has 4 heteroatoms. The van der Waals surface area contributed by atoms with Crippen molar-refractivity contribution in [3.63, 3.8) is 0 Å². The minimum Gasteiger partial charge on any atom is -0.396 e. The zero-order chi connectivity index (χ0) is 23.1. The molecule has 3 aliphatic carbocycles. The molecule has 0 amide bonds. The number of aliphatic hydroxyl groups is 2. The van der Waals surface area contributed by atoms with Crippen molar-refractivity contribution in [2.75, 3.05) is 13.2 Å². The first-order valence-electron chi connectivity index (χ1n) is 13.4. The van der Waals surface area contributed by atoms with Crippen LogP contribution in [-0.4, -0.2) is 28.6 Å². The van der Waals surface area contributed by atoms with Gasteiger partial charge in [-0.3, -0.25) is 0 Å². The lowest BCUT2D eigenvalue weighted by Crippen LogP contribution is -2.53. The lowest BCUT2D eigenvalue weighted by molar-refractivity contribution is -0.0949. The SMILES string of the molecule is CC(C)CCC[C@@H](C)[C@H]1CC[C@H]2[C@H](CO)[C@@H]([C@@]3(C)Cc4cnoc4C[C@@H]3CO)CC[C@]12C. The Kier molecular flexibility index (Phi) is 7.13. The fourth-order valence-corrected chi connectivity index (χ4v) is 8.70. The Balaban J connectivity index is 1.53. The summed E-state index contributed by atoms with van der Waals surface area (Å²) in [5.74, 6) is 4.87. The third-order valence-electron chi connectivity index (χ3n) is 10.6. The number of rotatable bonds is 8. The zero-order valence-electron chi connectivity index (χ0n) is 21.1. The Morgan fingerprint density at radius 1 is 1.03 bits per heavy atom. The average molecular weight is 446 g/mol. The molecular weight excluding hydrogens is 398 g/mol. The monoisotopic (exact) mass is 445 g/mol. The first-order chi connectivity index (χ1) is 15.2. The van der Waals surface area contributed by atoms with E-state index >= 15 is 0 Å². The highest BCUT2D eigenvalue weighted by atomic mass is 16.5. The summed E-state index contributed by atoms with van der Waals surface area (Å²) in [7, 11) is 0. The zero-order valence-corrected chi connectivity index (χ0v) is 21.1. The second-order valence-corrected chi connectivity index (χ2v) is 12.6. The fraction of sp³-hybridized carbons (Fsp3) is 0.893. The van der Waals surface area contributed by atoms with E-state index in [-0.39, 0.29) is 24.5 Å². The van der Waals surface area contributed by atoms with E-state index in [0.29, 0.717) is 23.2 Å². The van der Waals surface area contributed by atoms with Gasteiger partial charge in [0.15, 0.2) is 0 Å². The predicted molar refractivity (Wildman–Crippen MR) is 128 cm³/mol. The van der Waals surface area contributed by atoms with Crippen molar-refractivity contribution >= 4 is 0 Å². The molecule has 8 atom stereocenters. The molecule has 182 valence electrons. The second kappa shape index (κ2) is 9.41. The molecule has 0 bridgehead atoms. The molecule has 4 nitrogen and oxygen atoms in total. The highest BCUT2D eigenvalue weighted by molar-refractivity contribution is 5.23. The summed E-state index contributed by atoms with van der Waals surface area (Å²) in [5.41, 5.74) is 1.55. The summed E-state index contributed by atoms with van der Waals surface area (Å²) in [6.45, 7) is 12.6. The Hall–Kier alpha value is -0.870. The first kappa shape index (κ1) is 24.3. The van der Waals surface area contributed by atoms with Crippen LogP contribution in [0.5, 0.6) is 0 Å². The number of hydrogen-bond acceptors (Lipinski definition) is 4. The third kappa shape index (κ3) is 4.08. The molecule has 0 aromatic carbocycles. The molecule has 2 N–H and O–H groups in total. The highest BCUT2D eigenvalue weighted by Crippen LogP contribution is 2.64. The molecule has 0 aliphatic heterocycles. The van der Waals surface area contributed by atoms with Crippen molar-refractivity contribution in [2.24, 2.45) is 52.3 Å². The van der Waals surface area contributed by atoms with E-state index in [9.17, 15) is 10.2 Å². The highest BCUT2D eigenvalue weighted by Gasteiger charge is 2.59. The van der Waals surface area contributed by atoms with Gasteiger partial charge in [-0.05, 0) is 84.4 Å². The normalized spacial score (nSPS) is 40.3. The maximum absolute atomic E-state index is 10.7. The van der Waals surface area contributed by atoms with Crippen molar-refractivity contribution in [1.29, 1.82) is 0 Å². The van der Waals surface area contributed by atoms with Crippen LogP contribution in [0.4, 0.5) is 0 Å². The largest absolute Gasteiger partial charge is 0.396 e. The van der Waals surface area contributed by atoms with Crippen LogP contribution in [0.1, 0.15) is 90.9 Å². The van der Waals surface area contributed by atoms with Crippen LogP contribution in [-0.2, 0) is 12.8 Å². The lowest BCUT2D eigenvalue weighted by Gasteiger charge is -2.56. The van der Waals surface area contributed by atoms with Crippen LogP contribution < -0.4 is 0 Å². The van der Waals surface area contributed by atoms with Crippen LogP contribution in [0.3, 0.4) is 0 Å². The van der Waals surface area contributed by atoms with Gasteiger partial charge >= 0.3 is 0 Å². The van der Waals surface area contributed by atoms with Gasteiger partial charge in [0.1, 0.15) is 5.76 Å². The van der Waals surface area contributed by atoms with Crippen molar-refractivity contribution in [2.45, 2.75) is 92.4 Å². The molecule has 0 unspecified atom stereocenters. The number of aliphatic hydroxyl groups excluding tert-OH is 2. The first-order valence-corrected chi connectivity index (χ1v) is 13.4. The van der Waals surface area contributed by atoms with Crippen LogP contribution >= 0.6 is 0 Å². The van der Waals surface area contributed by atoms with Gasteiger partial charge < -0.3 is 14.7 Å². The summed E-state index contributed by atoms with van der Waals surface area (Å²) < 4.78 is 5.48. The average Bonchev–Trinajstić information content (AvgIpc) is 3.34. The summed E-state index contributed by atoms with van der Waals surface area (Å²) in [6, 6.07) is 0. The molecule has 1 aromatic heterocycles. The van der Waals surface area contributed by atoms with E-state index in [1.165, 1.54) is 50.5 Å². The summed E-state index contributed by atoms with van der Waals surface area (Å²) >= 11 is 0. The van der Waals surface area contributed by atoms with Gasteiger partial charge in [-0.2, -0.15) is 0 Å². The smallest absolute Gasteiger partial charge is 0.140 e. The van der Waals surface area contributed by atoms with Crippen molar-refractivity contribution in [1.82, 2.24) is 5.16 Å². The van der Waals surface area contributed by atoms with Crippen molar-refractivity contribution in [3.8, 4) is 0 Å². The van der Waals surface area contributed by atoms with Gasteiger partial charge in [0.2, 0.25) is 0 Å². The standard InChI is InChI=1S/C28H47NO3/c1-18(2)7-6-8-19(3)23-9-10-24-22(17-31)25(11-12-27(23,24)4)28(5)14-20-15-29-32-26(20)13-21(28)16-30/h15,18-19,21-25,30-31H,6-14,16-17H2,1-5H3/t19-,21-,22+,23-,24+,25+,27-,28+/m1/s1. The van der Waals surface area contributed by atoms with Gasteiger partial charge in [-0.1, -0.05) is 59.0 Å². The minimum absolute atomic E-state index is 0.0109. The minimum atomic E-state index is -0.0109. The van der Waals surface area contributed by atoms with Crippen LogP contribution in [0.25, 0.3) is 0 Å². The molecule has 3 aliphatic rings. The Labute approximate surface area is 195 Å². The Bertz CT molecular complexity index is 760. The number of fused-ring (bicyclic) bond motifs is 2. The maximum Gasteiger partial charge on any atom is 0.140 e. The maximum atomic E-state index is 10.7. The van der Waals surface area contributed by atoms with Gasteiger partial charge in [0.05, 0.1) is 6.20 Å². The Morgan fingerprint density at radius 2 is 1.78 bits per heavy atom. The van der Waals surface area contributed by atoms with Crippen molar-refractivity contribution < 1.29 is 14.7 Å². The lowest BCUT2D eigenvalue weighted by atomic mass is 9.48. The third-order valence-corrected chi connectivity index (χ3v) is 10.6. The number of aromatic nitrogens is 1. The van der Waals surface area contributed by atoms with Gasteiger partial charge in [0, 0.05) is 25.2 Å². The van der Waals surface area contributed by atoms with Crippen molar-refractivity contribution in [3.05, 3.63) is 17.5 Å². The van der Waals surface area contributed by atoms with E-state index in [1.807, 2.05) is 6.20 Å². The van der Waals surface area contributed by atoms with Crippen LogP contribution in [0.2, 0.25) is 0 Å². The summed E-state index contributed by atoms with van der Waals surface area (Å²) in [4.78, 5) is 0. The van der Waals surface area contributed by atoms with E-state index in [2.05, 4.69) is 39.8 Å². The van der Waals surface area contributed by atoms with E-state index < -0.39 is 0 Å². The molecular formula is C28H47NO3. The van der Waals surface area contributed by atoms with Crippen LogP contribution in [0.15, 0.2) is 10.7 Å². The topological polar surface area (TPSA) is 66.5 Å². The van der Waals surface area contributed by atoms with Gasteiger partial charge in [-0.15, -0.1) is 0 Å². The number of nitrogens with zero attached hydrogens (tertiary/aromatic N) is 1. The molecule has 0 saturated heterocycles. The quantitative estimate of drug-likeness (QED) is 0.523. The molecule has 2 fully saturated rings. The van der Waals surface area contributed by atoms with Gasteiger partial charge in [-0.25, -0.2) is 0 Å². The Morgan fingerprint density at radius 3 is 2.47 bits per heavy atom. The van der Waals surface area contributed by atoms with E-state index in [1.54, 1.807) is 0 Å². The molecule has 2 saturated carbocycles. The second-order valence-electron chi connectivity index (χ2n) is 12.6. The molecule has 32 heavy (non-hydrogen) atoms. The predicted octanol–water partition coefficient (Wildman–Crippen LogP) is 5.90. The molecule has 0 spiro atoms.